The number of carbonyl (C=O) groups excluding carboxylic acids is 1. The second kappa shape index (κ2) is 6.71. The maximum Gasteiger partial charge on any atom is 0.410 e. The quantitative estimate of drug-likeness (QED) is 0.909. The molecule has 1 aromatic carbocycles. The zero-order valence-electron chi connectivity index (χ0n) is 15.0. The van der Waals surface area contributed by atoms with Crippen molar-refractivity contribution in [1.29, 1.82) is 0 Å². The van der Waals surface area contributed by atoms with Gasteiger partial charge in [0.2, 0.25) is 0 Å². The molecule has 0 radical (unpaired) electrons. The minimum atomic E-state index is -0.471. The summed E-state index contributed by atoms with van der Waals surface area (Å²) in [5.74, 6) is 1.29. The molecule has 1 fully saturated rings. The van der Waals surface area contributed by atoms with Crippen molar-refractivity contribution >= 4 is 28.8 Å². The van der Waals surface area contributed by atoms with Crippen LogP contribution in [0.1, 0.15) is 32.2 Å². The van der Waals surface area contributed by atoms with Crippen LogP contribution in [0, 0.1) is 6.92 Å². The van der Waals surface area contributed by atoms with Crippen LogP contribution in [0.3, 0.4) is 0 Å². The van der Waals surface area contributed by atoms with Gasteiger partial charge in [-0.3, -0.25) is 4.79 Å². The number of benzene rings is 1. The van der Waals surface area contributed by atoms with E-state index in [2.05, 4.69) is 9.97 Å². The summed E-state index contributed by atoms with van der Waals surface area (Å²) >= 11 is 1.70. The Morgan fingerprint density at radius 3 is 2.80 bits per heavy atom. The molecule has 1 saturated heterocycles. The summed E-state index contributed by atoms with van der Waals surface area (Å²) in [6.07, 6.45) is -0.266. The third kappa shape index (κ3) is 4.15. The molecule has 1 aliphatic rings. The van der Waals surface area contributed by atoms with Gasteiger partial charge < -0.3 is 14.6 Å². The molecule has 134 valence electrons. The minimum absolute atomic E-state index is 0.103. The number of para-hydroxylation sites is 1. The first-order chi connectivity index (χ1) is 11.7. The highest BCUT2D eigenvalue weighted by Crippen LogP contribution is 2.26. The monoisotopic (exact) mass is 361 g/mol. The standard InChI is InChI=1S/C18H23N3O3S/c1-11-6-5-7-13-15(11)19-14(20-16(13)22)10-25-12-8-21(9-12)17(23)24-18(2,3)4/h5-7,12H,8-10H2,1-4H3,(H,19,20,22). The van der Waals surface area contributed by atoms with Gasteiger partial charge in [-0.15, -0.1) is 11.8 Å². The average Bonchev–Trinajstić information content (AvgIpc) is 2.45. The molecular formula is C18H23N3O3S. The molecule has 0 bridgehead atoms. The van der Waals surface area contributed by atoms with Gasteiger partial charge in [0.1, 0.15) is 11.4 Å². The van der Waals surface area contributed by atoms with Crippen molar-refractivity contribution in [2.24, 2.45) is 0 Å². The maximum absolute atomic E-state index is 12.2. The molecule has 2 aromatic rings. The number of carbonyl (C=O) groups is 1. The number of aromatic amines is 1. The molecule has 0 saturated carbocycles. The zero-order valence-corrected chi connectivity index (χ0v) is 15.8. The van der Waals surface area contributed by atoms with Crippen LogP contribution in [-0.2, 0) is 10.5 Å². The van der Waals surface area contributed by atoms with Gasteiger partial charge >= 0.3 is 6.09 Å². The Bertz CT molecular complexity index is 851. The highest BCUT2D eigenvalue weighted by molar-refractivity contribution is 7.99. The minimum Gasteiger partial charge on any atom is -0.444 e. The van der Waals surface area contributed by atoms with E-state index >= 15 is 0 Å². The number of amides is 1. The van der Waals surface area contributed by atoms with E-state index in [4.69, 9.17) is 4.74 Å². The van der Waals surface area contributed by atoms with Crippen molar-refractivity contribution in [2.75, 3.05) is 13.1 Å². The van der Waals surface area contributed by atoms with Crippen molar-refractivity contribution < 1.29 is 9.53 Å². The summed E-state index contributed by atoms with van der Waals surface area (Å²) in [5, 5.41) is 0.957. The van der Waals surface area contributed by atoms with Crippen molar-refractivity contribution in [3.63, 3.8) is 0 Å². The molecule has 7 heteroatoms. The Labute approximate surface area is 151 Å². The van der Waals surface area contributed by atoms with E-state index in [1.165, 1.54) is 0 Å². The molecule has 0 spiro atoms. The topological polar surface area (TPSA) is 75.3 Å². The number of nitrogens with zero attached hydrogens (tertiary/aromatic N) is 2. The molecule has 3 rings (SSSR count). The molecule has 6 nitrogen and oxygen atoms in total. The molecular weight excluding hydrogens is 338 g/mol. The number of fused-ring (bicyclic) bond motifs is 1. The maximum atomic E-state index is 12.2. The summed E-state index contributed by atoms with van der Waals surface area (Å²) in [5.41, 5.74) is 1.18. The number of likely N-dealkylation sites (tertiary alicyclic amines) is 1. The number of rotatable bonds is 3. The second-order valence-corrected chi connectivity index (χ2v) is 8.59. The first-order valence-electron chi connectivity index (χ1n) is 8.31. The van der Waals surface area contributed by atoms with Crippen molar-refractivity contribution in [3.05, 3.63) is 39.9 Å². The lowest BCUT2D eigenvalue weighted by atomic mass is 10.1. The molecule has 1 amide bonds. The van der Waals surface area contributed by atoms with Gasteiger partial charge in [-0.05, 0) is 39.3 Å². The van der Waals surface area contributed by atoms with Crippen LogP contribution in [0.4, 0.5) is 4.79 Å². The number of hydrogen-bond donors (Lipinski definition) is 1. The van der Waals surface area contributed by atoms with Gasteiger partial charge in [-0.1, -0.05) is 12.1 Å². The van der Waals surface area contributed by atoms with Gasteiger partial charge in [0.25, 0.3) is 5.56 Å². The van der Waals surface area contributed by atoms with E-state index in [1.54, 1.807) is 22.7 Å². The molecule has 1 aromatic heterocycles. The number of nitrogens with one attached hydrogen (secondary N) is 1. The summed E-state index contributed by atoms with van der Waals surface area (Å²) in [4.78, 5) is 33.2. The average molecular weight is 361 g/mol. The lowest BCUT2D eigenvalue weighted by Gasteiger charge is -2.39. The third-order valence-corrected chi connectivity index (χ3v) is 5.15. The SMILES string of the molecule is Cc1cccc2c(=O)[nH]c(CSC3CN(C(=O)OC(C)(C)C)C3)nc12. The van der Waals surface area contributed by atoms with E-state index in [9.17, 15) is 9.59 Å². The molecule has 1 N–H and O–H groups in total. The fraction of sp³-hybridized carbons (Fsp3) is 0.500. The van der Waals surface area contributed by atoms with Crippen molar-refractivity contribution in [2.45, 2.75) is 44.3 Å². The fourth-order valence-corrected chi connectivity index (χ4v) is 3.74. The highest BCUT2D eigenvalue weighted by Gasteiger charge is 2.33. The number of aromatic nitrogens is 2. The molecule has 0 aliphatic carbocycles. The summed E-state index contributed by atoms with van der Waals surface area (Å²) in [6.45, 7) is 8.87. The van der Waals surface area contributed by atoms with Gasteiger partial charge in [0, 0.05) is 18.3 Å². The number of ether oxygens (including phenoxy) is 1. The summed E-state index contributed by atoms with van der Waals surface area (Å²) in [6, 6.07) is 5.61. The number of hydrogen-bond acceptors (Lipinski definition) is 5. The van der Waals surface area contributed by atoms with Crippen LogP contribution in [0.25, 0.3) is 10.9 Å². The Kier molecular flexibility index (Phi) is 4.77. The predicted molar refractivity (Wildman–Crippen MR) is 100.0 cm³/mol. The van der Waals surface area contributed by atoms with E-state index in [0.717, 1.165) is 11.1 Å². The number of thioether (sulfide) groups is 1. The molecule has 2 heterocycles. The van der Waals surface area contributed by atoms with E-state index in [1.807, 2.05) is 39.8 Å². The van der Waals surface area contributed by atoms with Crippen LogP contribution in [-0.4, -0.2) is 44.9 Å². The van der Waals surface area contributed by atoms with Crippen LogP contribution in [0.2, 0.25) is 0 Å². The molecule has 0 atom stereocenters. The summed E-state index contributed by atoms with van der Waals surface area (Å²) in [7, 11) is 0. The van der Waals surface area contributed by atoms with E-state index < -0.39 is 5.60 Å². The Balaban J connectivity index is 1.57. The van der Waals surface area contributed by atoms with Crippen LogP contribution in [0.5, 0.6) is 0 Å². The molecule has 25 heavy (non-hydrogen) atoms. The van der Waals surface area contributed by atoms with Crippen LogP contribution in [0.15, 0.2) is 23.0 Å². The largest absolute Gasteiger partial charge is 0.444 e. The van der Waals surface area contributed by atoms with Gasteiger partial charge in [-0.2, -0.15) is 0 Å². The van der Waals surface area contributed by atoms with Crippen LogP contribution < -0.4 is 5.56 Å². The smallest absolute Gasteiger partial charge is 0.410 e. The highest BCUT2D eigenvalue weighted by atomic mass is 32.2. The van der Waals surface area contributed by atoms with E-state index in [-0.39, 0.29) is 11.7 Å². The van der Waals surface area contributed by atoms with Crippen LogP contribution >= 0.6 is 11.8 Å². The van der Waals surface area contributed by atoms with Crippen molar-refractivity contribution in [1.82, 2.24) is 14.9 Å². The Hall–Kier alpha value is -2.02. The number of aryl methyl sites for hydroxylation is 1. The first kappa shape index (κ1) is 17.8. The van der Waals surface area contributed by atoms with Crippen molar-refractivity contribution in [3.8, 4) is 0 Å². The zero-order chi connectivity index (χ0) is 18.2. The first-order valence-corrected chi connectivity index (χ1v) is 9.36. The lowest BCUT2D eigenvalue weighted by Crippen LogP contribution is -2.53. The number of H-pyrrole nitrogens is 1. The van der Waals surface area contributed by atoms with Gasteiger partial charge in [0.05, 0.1) is 16.7 Å². The summed E-state index contributed by atoms with van der Waals surface area (Å²) < 4.78 is 5.35. The fourth-order valence-electron chi connectivity index (χ4n) is 2.64. The van der Waals surface area contributed by atoms with E-state index in [0.29, 0.717) is 35.3 Å². The van der Waals surface area contributed by atoms with Gasteiger partial charge in [-0.25, -0.2) is 9.78 Å². The molecule has 0 unspecified atom stereocenters. The normalized spacial score (nSPS) is 15.3. The molecule has 1 aliphatic heterocycles. The van der Waals surface area contributed by atoms with Gasteiger partial charge in [0.15, 0.2) is 0 Å². The predicted octanol–water partition coefficient (Wildman–Crippen LogP) is 3.08. The Morgan fingerprint density at radius 2 is 2.12 bits per heavy atom. The second-order valence-electron chi connectivity index (χ2n) is 7.30. The Morgan fingerprint density at radius 1 is 1.40 bits per heavy atom. The lowest BCUT2D eigenvalue weighted by molar-refractivity contribution is 0.0144. The third-order valence-electron chi connectivity index (χ3n) is 3.94.